The van der Waals surface area contributed by atoms with E-state index in [1.165, 1.54) is 186 Å². The Morgan fingerprint density at radius 2 is 0.500 bits per heavy atom. The number of hydrogen-bond acceptors (Lipinski definition) is 15. The van der Waals surface area contributed by atoms with Crippen LogP contribution in [0.3, 0.4) is 0 Å². The van der Waals surface area contributed by atoms with Crippen molar-refractivity contribution in [3.63, 3.8) is 0 Å². The molecule has 0 bridgehead atoms. The summed E-state index contributed by atoms with van der Waals surface area (Å²) in [4.78, 5) is 72.6. The van der Waals surface area contributed by atoms with E-state index in [-0.39, 0.29) is 25.7 Å². The number of esters is 4. The van der Waals surface area contributed by atoms with Crippen molar-refractivity contribution in [2.45, 2.75) is 394 Å². The Morgan fingerprint density at radius 1 is 0.293 bits per heavy atom. The fourth-order valence-electron chi connectivity index (χ4n) is 11.1. The van der Waals surface area contributed by atoms with Crippen LogP contribution in [-0.4, -0.2) is 96.7 Å². The molecule has 92 heavy (non-hydrogen) atoms. The lowest BCUT2D eigenvalue weighted by atomic mass is 10.0. The van der Waals surface area contributed by atoms with Crippen LogP contribution in [0.2, 0.25) is 0 Å². The van der Waals surface area contributed by atoms with Crippen molar-refractivity contribution in [2.24, 2.45) is 11.8 Å². The van der Waals surface area contributed by atoms with E-state index in [4.69, 9.17) is 37.0 Å². The number of phosphoric ester groups is 2. The lowest BCUT2D eigenvalue weighted by Gasteiger charge is -2.21. The van der Waals surface area contributed by atoms with Gasteiger partial charge in [-0.25, -0.2) is 9.13 Å². The first-order chi connectivity index (χ1) is 44.4. The predicted octanol–water partition coefficient (Wildman–Crippen LogP) is 21.2. The Labute approximate surface area is 562 Å². The molecule has 0 saturated heterocycles. The summed E-state index contributed by atoms with van der Waals surface area (Å²) in [5.41, 5.74) is 0. The number of hydrogen-bond donors (Lipinski definition) is 3. The maximum absolute atomic E-state index is 13.1. The molecule has 0 aliphatic heterocycles. The predicted molar refractivity (Wildman–Crippen MR) is 372 cm³/mol. The zero-order valence-electron chi connectivity index (χ0n) is 59.9. The molecule has 0 amide bonds. The number of carbonyl (C=O) groups is 4. The highest BCUT2D eigenvalue weighted by Gasteiger charge is 2.30. The molecule has 0 aromatic rings. The van der Waals surface area contributed by atoms with Crippen molar-refractivity contribution in [2.75, 3.05) is 39.6 Å². The van der Waals surface area contributed by atoms with E-state index in [9.17, 15) is 43.2 Å². The number of aliphatic hydroxyl groups is 1. The summed E-state index contributed by atoms with van der Waals surface area (Å²) in [6, 6.07) is 0. The minimum absolute atomic E-state index is 0.105. The Kier molecular flexibility index (Phi) is 63.7. The number of carbonyl (C=O) groups excluding carboxylic acids is 4. The summed E-state index contributed by atoms with van der Waals surface area (Å²) in [6.45, 7) is 9.54. The highest BCUT2D eigenvalue weighted by atomic mass is 31.2. The van der Waals surface area contributed by atoms with Crippen LogP contribution in [0.4, 0.5) is 0 Å². The van der Waals surface area contributed by atoms with E-state index in [0.717, 1.165) is 108 Å². The smallest absolute Gasteiger partial charge is 0.462 e. The first kappa shape index (κ1) is 90.1. The van der Waals surface area contributed by atoms with E-state index < -0.39 is 97.5 Å². The van der Waals surface area contributed by atoms with Crippen molar-refractivity contribution in [3.8, 4) is 0 Å². The molecule has 0 aromatic heterocycles. The fourth-order valence-corrected chi connectivity index (χ4v) is 12.7. The average Bonchev–Trinajstić information content (AvgIpc) is 1.56. The van der Waals surface area contributed by atoms with Crippen LogP contribution in [0.5, 0.6) is 0 Å². The van der Waals surface area contributed by atoms with E-state index in [1.54, 1.807) is 0 Å². The van der Waals surface area contributed by atoms with Crippen LogP contribution in [-0.2, 0) is 65.4 Å². The van der Waals surface area contributed by atoms with Gasteiger partial charge in [0.2, 0.25) is 0 Å². The van der Waals surface area contributed by atoms with Gasteiger partial charge in [-0.3, -0.25) is 37.3 Å². The maximum Gasteiger partial charge on any atom is 0.472 e. The Hall–Kier alpha value is -1.94. The summed E-state index contributed by atoms with van der Waals surface area (Å²) in [5.74, 6) is -0.603. The van der Waals surface area contributed by atoms with Crippen molar-refractivity contribution >= 4 is 39.5 Å². The van der Waals surface area contributed by atoms with Gasteiger partial charge in [0, 0.05) is 25.7 Å². The van der Waals surface area contributed by atoms with Gasteiger partial charge in [0.15, 0.2) is 12.2 Å². The summed E-state index contributed by atoms with van der Waals surface area (Å²) >= 11 is 0. The Balaban J connectivity index is 5.22. The maximum atomic E-state index is 13.1. The quantitative estimate of drug-likeness (QED) is 0.0222. The van der Waals surface area contributed by atoms with Gasteiger partial charge in [0.25, 0.3) is 0 Å². The fraction of sp³-hybridized carbons (Fsp3) is 0.945. The second kappa shape index (κ2) is 65.0. The van der Waals surface area contributed by atoms with Gasteiger partial charge in [-0.1, -0.05) is 324 Å². The van der Waals surface area contributed by atoms with Gasteiger partial charge in [-0.15, -0.1) is 0 Å². The van der Waals surface area contributed by atoms with Gasteiger partial charge in [0.1, 0.15) is 19.3 Å². The normalized spacial score (nSPS) is 14.1. The van der Waals surface area contributed by atoms with Crippen LogP contribution in [0.1, 0.15) is 375 Å². The van der Waals surface area contributed by atoms with E-state index in [0.29, 0.717) is 25.7 Å². The third-order valence-corrected chi connectivity index (χ3v) is 18.9. The molecule has 0 rings (SSSR count). The molecular formula is C73H142O17P2. The number of phosphoric acid groups is 2. The molecule has 0 spiro atoms. The molecule has 0 heterocycles. The monoisotopic (exact) mass is 1350 g/mol. The molecule has 0 aliphatic rings. The Bertz CT molecular complexity index is 1790. The zero-order valence-corrected chi connectivity index (χ0v) is 61.6. The summed E-state index contributed by atoms with van der Waals surface area (Å²) in [7, 11) is -9.90. The molecule has 0 aliphatic carbocycles. The molecular weight excluding hydrogens is 1210 g/mol. The number of ether oxygens (including phenoxy) is 4. The van der Waals surface area contributed by atoms with Crippen molar-refractivity contribution in [1.82, 2.24) is 0 Å². The minimum Gasteiger partial charge on any atom is -0.462 e. The van der Waals surface area contributed by atoms with Crippen LogP contribution in [0, 0.1) is 11.8 Å². The van der Waals surface area contributed by atoms with Crippen LogP contribution < -0.4 is 0 Å². The van der Waals surface area contributed by atoms with Crippen LogP contribution in [0.15, 0.2) is 0 Å². The SMILES string of the molecule is CCCCCCCCCCCCCCCCCCCC(=O)O[C@H](COC(=O)CCCCCCCCCCCCCCC(C)C)COP(=O)(O)OC[C@@H](O)COP(=O)(O)OC[C@@H](COC(=O)CCCCCCCCCC)OC(=O)CCCCCCCCCCCC(C)C. The number of unbranched alkanes of at least 4 members (excludes halogenated alkanes) is 42. The number of aliphatic hydroxyl groups excluding tert-OH is 1. The van der Waals surface area contributed by atoms with Gasteiger partial charge in [0.05, 0.1) is 26.4 Å². The molecule has 19 heteroatoms. The highest BCUT2D eigenvalue weighted by molar-refractivity contribution is 7.47. The molecule has 0 saturated carbocycles. The standard InChI is InChI=1S/C73H142O17P2/c1-7-9-11-13-15-17-18-19-20-21-22-23-28-33-39-45-51-57-72(77)89-69(62-84-71(76)56-50-44-38-32-27-25-24-26-30-35-41-47-53-65(3)4)64-88-92(81,82)86-60-67(74)59-85-91(79,80)87-63-68(61-83-70(75)55-49-43-37-16-14-12-10-8-2)90-73(78)58-52-46-40-34-29-31-36-42-48-54-66(5)6/h65-69,74H,7-64H2,1-6H3,(H,79,80)(H,81,82)/t67-,68+,69+/m0/s1. The molecule has 17 nitrogen and oxygen atoms in total. The van der Waals surface area contributed by atoms with E-state index >= 15 is 0 Å². The highest BCUT2D eigenvalue weighted by Crippen LogP contribution is 2.45. The lowest BCUT2D eigenvalue weighted by molar-refractivity contribution is -0.161. The second-order valence-corrected chi connectivity index (χ2v) is 30.2. The topological polar surface area (TPSA) is 237 Å². The zero-order chi connectivity index (χ0) is 67.9. The minimum atomic E-state index is -4.95. The Morgan fingerprint density at radius 3 is 0.739 bits per heavy atom. The van der Waals surface area contributed by atoms with Crippen LogP contribution >= 0.6 is 15.6 Å². The molecule has 3 N–H and O–H groups in total. The van der Waals surface area contributed by atoms with Gasteiger partial charge < -0.3 is 33.8 Å². The lowest BCUT2D eigenvalue weighted by Crippen LogP contribution is -2.30. The third-order valence-electron chi connectivity index (χ3n) is 17.0. The van der Waals surface area contributed by atoms with Gasteiger partial charge in [-0.05, 0) is 37.5 Å². The summed E-state index contributed by atoms with van der Waals surface area (Å²) in [6.07, 6.45) is 51.4. The van der Waals surface area contributed by atoms with Crippen LogP contribution in [0.25, 0.3) is 0 Å². The van der Waals surface area contributed by atoms with Crippen molar-refractivity contribution in [3.05, 3.63) is 0 Å². The summed E-state index contributed by atoms with van der Waals surface area (Å²) < 4.78 is 68.3. The van der Waals surface area contributed by atoms with Gasteiger partial charge >= 0.3 is 39.5 Å². The summed E-state index contributed by atoms with van der Waals surface area (Å²) in [5, 5.41) is 10.6. The largest absolute Gasteiger partial charge is 0.472 e. The van der Waals surface area contributed by atoms with E-state index in [2.05, 4.69) is 41.5 Å². The molecule has 0 fully saturated rings. The molecule has 5 atom stereocenters. The molecule has 2 unspecified atom stereocenters. The van der Waals surface area contributed by atoms with E-state index in [1.807, 2.05) is 0 Å². The first-order valence-electron chi connectivity index (χ1n) is 38.0. The molecule has 0 radical (unpaired) electrons. The molecule has 0 aromatic carbocycles. The third kappa shape index (κ3) is 66.7. The van der Waals surface area contributed by atoms with Crippen molar-refractivity contribution in [1.29, 1.82) is 0 Å². The number of rotatable bonds is 72. The average molecular weight is 1350 g/mol. The first-order valence-corrected chi connectivity index (χ1v) is 41.0. The van der Waals surface area contributed by atoms with Gasteiger partial charge in [-0.2, -0.15) is 0 Å². The van der Waals surface area contributed by atoms with Crippen molar-refractivity contribution < 1.29 is 80.2 Å². The molecule has 546 valence electrons. The second-order valence-electron chi connectivity index (χ2n) is 27.3.